The van der Waals surface area contributed by atoms with Crippen LogP contribution in [-0.4, -0.2) is 64.4 Å². The van der Waals surface area contributed by atoms with Crippen molar-refractivity contribution in [1.29, 1.82) is 0 Å². The zero-order valence-corrected chi connectivity index (χ0v) is 13.9. The van der Waals surface area contributed by atoms with Gasteiger partial charge in [0.1, 0.15) is 0 Å². The van der Waals surface area contributed by atoms with Crippen molar-refractivity contribution in [3.05, 3.63) is 15.9 Å². The zero-order valence-electron chi connectivity index (χ0n) is 12.3. The van der Waals surface area contributed by atoms with E-state index in [1.165, 1.54) is 31.9 Å². The van der Waals surface area contributed by atoms with Crippen LogP contribution in [0, 0.1) is 6.92 Å². The first-order valence-electron chi connectivity index (χ1n) is 7.54. The molecule has 2 bridgehead atoms. The van der Waals surface area contributed by atoms with Crippen molar-refractivity contribution >= 4 is 15.9 Å². The number of rotatable bonds is 4. The molecule has 3 aliphatic heterocycles. The van der Waals surface area contributed by atoms with E-state index in [9.17, 15) is 0 Å². The summed E-state index contributed by atoms with van der Waals surface area (Å²) in [6.07, 6.45) is 0.893. The van der Waals surface area contributed by atoms with Gasteiger partial charge in [0.2, 0.25) is 0 Å². The minimum atomic E-state index is 0.177. The van der Waals surface area contributed by atoms with Crippen LogP contribution in [0.4, 0.5) is 0 Å². The molecule has 2 N–H and O–H groups in total. The van der Waals surface area contributed by atoms with E-state index in [1.807, 2.05) is 6.92 Å². The summed E-state index contributed by atoms with van der Waals surface area (Å²) in [5.41, 5.74) is 8.84. The monoisotopic (exact) mass is 341 g/mol. The quantitative estimate of drug-likeness (QED) is 0.881. The number of fused-ring (bicyclic) bond motifs is 3. The average molecular weight is 342 g/mol. The molecule has 0 radical (unpaired) electrons. The molecule has 4 rings (SSSR count). The van der Waals surface area contributed by atoms with Crippen LogP contribution in [0.25, 0.3) is 0 Å². The van der Waals surface area contributed by atoms with Crippen molar-refractivity contribution in [2.24, 2.45) is 5.73 Å². The van der Waals surface area contributed by atoms with Gasteiger partial charge in [0, 0.05) is 57.8 Å². The molecule has 3 fully saturated rings. The standard InChI is InChI=1S/C14H24BrN5/c1-3-20-12(14(15)10(2)17-20)8-11(16)13-9-18-4-6-19(13)7-5-18/h11,13H,3-9,16H2,1-2H3. The maximum Gasteiger partial charge on any atom is 0.0738 e. The Morgan fingerprint density at radius 2 is 2.05 bits per heavy atom. The Kier molecular flexibility index (Phi) is 4.17. The van der Waals surface area contributed by atoms with Crippen LogP contribution in [0.1, 0.15) is 18.3 Å². The van der Waals surface area contributed by atoms with Gasteiger partial charge >= 0.3 is 0 Å². The zero-order chi connectivity index (χ0) is 14.3. The Balaban J connectivity index is 1.74. The molecule has 3 saturated heterocycles. The van der Waals surface area contributed by atoms with Crippen LogP contribution in [0.3, 0.4) is 0 Å². The summed E-state index contributed by atoms with van der Waals surface area (Å²) in [6.45, 7) is 11.0. The Morgan fingerprint density at radius 1 is 1.35 bits per heavy atom. The smallest absolute Gasteiger partial charge is 0.0738 e. The number of piperazine rings is 3. The van der Waals surface area contributed by atoms with Gasteiger partial charge < -0.3 is 5.73 Å². The highest BCUT2D eigenvalue weighted by atomic mass is 79.9. The number of nitrogens with zero attached hydrogens (tertiary/aromatic N) is 4. The number of aromatic nitrogens is 2. The summed E-state index contributed by atoms with van der Waals surface area (Å²) in [5, 5.41) is 4.57. The Morgan fingerprint density at radius 3 is 2.60 bits per heavy atom. The van der Waals surface area contributed by atoms with Gasteiger partial charge in [0.05, 0.1) is 15.9 Å². The SMILES string of the molecule is CCn1nc(C)c(Br)c1CC(N)C1CN2CCN1CC2. The second-order valence-corrected chi connectivity index (χ2v) is 6.73. The molecule has 0 aromatic carbocycles. The molecule has 6 heteroatoms. The van der Waals surface area contributed by atoms with Crippen molar-refractivity contribution in [2.45, 2.75) is 38.9 Å². The van der Waals surface area contributed by atoms with Gasteiger partial charge in [-0.25, -0.2) is 0 Å². The van der Waals surface area contributed by atoms with Crippen LogP contribution in [-0.2, 0) is 13.0 Å². The number of hydrogen-bond donors (Lipinski definition) is 1. The van der Waals surface area contributed by atoms with Gasteiger partial charge in [-0.1, -0.05) is 0 Å². The van der Waals surface area contributed by atoms with E-state index < -0.39 is 0 Å². The summed E-state index contributed by atoms with van der Waals surface area (Å²) >= 11 is 3.67. The molecular weight excluding hydrogens is 318 g/mol. The summed E-state index contributed by atoms with van der Waals surface area (Å²) in [4.78, 5) is 5.11. The maximum atomic E-state index is 6.54. The van der Waals surface area contributed by atoms with E-state index >= 15 is 0 Å². The lowest BCUT2D eigenvalue weighted by molar-refractivity contribution is 0.00233. The van der Waals surface area contributed by atoms with Crippen molar-refractivity contribution in [1.82, 2.24) is 19.6 Å². The summed E-state index contributed by atoms with van der Waals surface area (Å²) in [7, 11) is 0. The fourth-order valence-electron chi connectivity index (χ4n) is 3.49. The molecule has 2 atom stereocenters. The first-order valence-corrected chi connectivity index (χ1v) is 8.33. The minimum Gasteiger partial charge on any atom is -0.326 e. The van der Waals surface area contributed by atoms with Crippen molar-refractivity contribution in [3.63, 3.8) is 0 Å². The van der Waals surface area contributed by atoms with Crippen LogP contribution in [0.2, 0.25) is 0 Å². The van der Waals surface area contributed by atoms with E-state index in [2.05, 4.69) is 42.4 Å². The lowest BCUT2D eigenvalue weighted by atomic mass is 9.97. The van der Waals surface area contributed by atoms with E-state index in [4.69, 9.17) is 5.73 Å². The average Bonchev–Trinajstić information content (AvgIpc) is 2.76. The maximum absolute atomic E-state index is 6.54. The predicted molar refractivity (Wildman–Crippen MR) is 83.8 cm³/mol. The Labute approximate surface area is 129 Å². The van der Waals surface area contributed by atoms with Gasteiger partial charge in [-0.2, -0.15) is 5.10 Å². The Hall–Kier alpha value is -0.430. The normalized spacial score (nSPS) is 30.7. The largest absolute Gasteiger partial charge is 0.326 e. The molecule has 2 unspecified atom stereocenters. The molecule has 4 heterocycles. The van der Waals surface area contributed by atoms with Gasteiger partial charge in [-0.15, -0.1) is 0 Å². The summed E-state index contributed by atoms with van der Waals surface area (Å²) < 4.78 is 3.21. The third-order valence-corrected chi connectivity index (χ3v) is 5.73. The molecule has 5 nitrogen and oxygen atoms in total. The first-order chi connectivity index (χ1) is 9.60. The molecule has 20 heavy (non-hydrogen) atoms. The van der Waals surface area contributed by atoms with Gasteiger partial charge in [0.25, 0.3) is 0 Å². The predicted octanol–water partition coefficient (Wildman–Crippen LogP) is 0.844. The van der Waals surface area contributed by atoms with Gasteiger partial charge in [0.15, 0.2) is 0 Å². The number of hydrogen-bond acceptors (Lipinski definition) is 4. The topological polar surface area (TPSA) is 50.3 Å². The molecular formula is C14H24BrN5. The third-order valence-electron chi connectivity index (χ3n) is 4.70. The van der Waals surface area contributed by atoms with E-state index in [0.717, 1.165) is 29.7 Å². The number of nitrogens with two attached hydrogens (primary N) is 1. The van der Waals surface area contributed by atoms with Crippen LogP contribution in [0.15, 0.2) is 4.47 Å². The molecule has 0 spiro atoms. The molecule has 112 valence electrons. The minimum absolute atomic E-state index is 0.177. The van der Waals surface area contributed by atoms with Gasteiger partial charge in [-0.3, -0.25) is 14.5 Å². The summed E-state index contributed by atoms with van der Waals surface area (Å²) in [5.74, 6) is 0. The highest BCUT2D eigenvalue weighted by molar-refractivity contribution is 9.10. The van der Waals surface area contributed by atoms with Crippen LogP contribution in [0.5, 0.6) is 0 Å². The Bertz CT molecular complexity index is 478. The highest BCUT2D eigenvalue weighted by Crippen LogP contribution is 2.25. The summed E-state index contributed by atoms with van der Waals surface area (Å²) in [6, 6.07) is 0.667. The van der Waals surface area contributed by atoms with Crippen LogP contribution >= 0.6 is 15.9 Å². The molecule has 0 amide bonds. The van der Waals surface area contributed by atoms with Crippen LogP contribution < -0.4 is 5.73 Å². The first kappa shape index (κ1) is 14.5. The third kappa shape index (κ3) is 2.54. The molecule has 0 saturated carbocycles. The van der Waals surface area contributed by atoms with Crippen molar-refractivity contribution < 1.29 is 0 Å². The second kappa shape index (κ2) is 5.75. The molecule has 3 aliphatic rings. The lowest BCUT2D eigenvalue weighted by Gasteiger charge is -2.49. The number of aryl methyl sites for hydroxylation is 2. The fourth-order valence-corrected chi connectivity index (χ4v) is 3.93. The molecule has 0 aliphatic carbocycles. The molecule has 1 aromatic rings. The van der Waals surface area contributed by atoms with Gasteiger partial charge in [-0.05, 0) is 29.8 Å². The second-order valence-electron chi connectivity index (χ2n) is 5.93. The van der Waals surface area contributed by atoms with E-state index in [1.54, 1.807) is 0 Å². The van der Waals surface area contributed by atoms with Crippen molar-refractivity contribution in [2.75, 3.05) is 32.7 Å². The van der Waals surface area contributed by atoms with E-state index in [-0.39, 0.29) is 6.04 Å². The highest BCUT2D eigenvalue weighted by Gasteiger charge is 2.35. The molecule has 1 aromatic heterocycles. The van der Waals surface area contributed by atoms with E-state index in [0.29, 0.717) is 6.04 Å². The lowest BCUT2D eigenvalue weighted by Crippen LogP contribution is -2.66. The number of halogens is 1. The van der Waals surface area contributed by atoms with Crippen molar-refractivity contribution in [3.8, 4) is 0 Å². The fraction of sp³-hybridized carbons (Fsp3) is 0.786.